The molecule has 0 fully saturated rings. The number of hydrogen-bond acceptors (Lipinski definition) is 0. The second-order valence-corrected chi connectivity index (χ2v) is 30.8. The molecular formula is C14H37BClPSi3. The van der Waals surface area contributed by atoms with Crippen LogP contribution in [0.5, 0.6) is 0 Å². The normalized spacial score (nSPS) is 16.1. The van der Waals surface area contributed by atoms with E-state index in [4.69, 9.17) is 11.5 Å². The van der Waals surface area contributed by atoms with Crippen molar-refractivity contribution in [3.63, 3.8) is 0 Å². The molecule has 120 valence electrons. The van der Waals surface area contributed by atoms with E-state index in [1.165, 1.54) is 0 Å². The van der Waals surface area contributed by atoms with Gasteiger partial charge in [0.25, 0.3) is 5.85 Å². The zero-order valence-corrected chi connectivity index (χ0v) is 20.7. The van der Waals surface area contributed by atoms with Gasteiger partial charge in [-0.1, -0.05) is 79.7 Å². The molecule has 20 heavy (non-hydrogen) atoms. The fourth-order valence-corrected chi connectivity index (χ4v) is 43.7. The van der Waals surface area contributed by atoms with Gasteiger partial charge in [-0.15, -0.1) is 8.46 Å². The lowest BCUT2D eigenvalue weighted by Crippen LogP contribution is -2.70. The molecule has 0 rings (SSSR count). The van der Waals surface area contributed by atoms with Crippen LogP contribution in [-0.2, 0) is 0 Å². The van der Waals surface area contributed by atoms with Crippen molar-refractivity contribution in [2.45, 2.75) is 89.0 Å². The molecule has 0 saturated carbocycles. The molecule has 0 aromatic rings. The standard InChI is InChI=1S/C14H37BClPSi3/c1-13(2,3)17-15(16)14(18(4,5)6,19(7,8)9)20(10,11)12/h17H,1-12H3. The van der Waals surface area contributed by atoms with Crippen molar-refractivity contribution in [3.8, 4) is 0 Å². The summed E-state index contributed by atoms with van der Waals surface area (Å²) in [7, 11) is -3.26. The Labute approximate surface area is 139 Å². The van der Waals surface area contributed by atoms with E-state index >= 15 is 0 Å². The van der Waals surface area contributed by atoms with E-state index in [-0.39, 0.29) is 0 Å². The average molecular weight is 367 g/mol. The van der Waals surface area contributed by atoms with Crippen LogP contribution in [0.25, 0.3) is 0 Å². The van der Waals surface area contributed by atoms with E-state index in [1.54, 1.807) is 0 Å². The first-order valence-corrected chi connectivity index (χ1v) is 19.8. The summed E-state index contributed by atoms with van der Waals surface area (Å²) >= 11 is 7.26. The summed E-state index contributed by atoms with van der Waals surface area (Å²) in [5.74, 6) is 0.368. The molecule has 0 aliphatic carbocycles. The molecule has 0 nitrogen and oxygen atoms in total. The average Bonchev–Trinajstić information content (AvgIpc) is 1.88. The van der Waals surface area contributed by atoms with Gasteiger partial charge in [-0.2, -0.15) is 11.5 Å². The van der Waals surface area contributed by atoms with Gasteiger partial charge >= 0.3 is 0 Å². The lowest BCUT2D eigenvalue weighted by atomic mass is 10.1. The summed E-state index contributed by atoms with van der Waals surface area (Å²) in [5.41, 5.74) is 0. The summed E-state index contributed by atoms with van der Waals surface area (Å²) in [6.45, 7) is 30.2. The van der Waals surface area contributed by atoms with Crippen LogP contribution in [0.15, 0.2) is 0 Å². The molecule has 1 atom stereocenters. The third-order valence-electron chi connectivity index (χ3n) is 4.49. The topological polar surface area (TPSA) is 0 Å². The molecule has 0 aliphatic heterocycles. The Morgan fingerprint density at radius 3 is 1.10 bits per heavy atom. The Morgan fingerprint density at radius 2 is 0.950 bits per heavy atom. The Morgan fingerprint density at radius 1 is 0.700 bits per heavy atom. The molecule has 0 aromatic heterocycles. The minimum absolute atomic E-state index is 0.344. The van der Waals surface area contributed by atoms with Gasteiger partial charge in [0.15, 0.2) is 0 Å². The third kappa shape index (κ3) is 4.25. The highest BCUT2D eigenvalue weighted by atomic mass is 35.5. The fourth-order valence-electron chi connectivity index (χ4n) is 5.00. The fraction of sp³-hybridized carbons (Fsp3) is 1.00. The largest absolute Gasteiger partial charge is 0.274 e. The second kappa shape index (κ2) is 6.15. The van der Waals surface area contributed by atoms with Crippen LogP contribution in [-0.4, -0.2) is 35.2 Å². The minimum atomic E-state index is -1.37. The Bertz CT molecular complexity index is 298. The predicted octanol–water partition coefficient (Wildman–Crippen LogP) is 6.56. The van der Waals surface area contributed by atoms with Gasteiger partial charge in [0, 0.05) is 24.2 Å². The summed E-state index contributed by atoms with van der Waals surface area (Å²) in [6, 6.07) is 0. The highest BCUT2D eigenvalue weighted by Crippen LogP contribution is 2.61. The van der Waals surface area contributed by atoms with Crippen molar-refractivity contribution in [2.24, 2.45) is 0 Å². The highest BCUT2D eigenvalue weighted by molar-refractivity contribution is 7.89. The van der Waals surface area contributed by atoms with Crippen LogP contribution in [0, 0.1) is 0 Å². The van der Waals surface area contributed by atoms with E-state index in [9.17, 15) is 0 Å². The molecule has 0 spiro atoms. The van der Waals surface area contributed by atoms with Crippen molar-refractivity contribution < 1.29 is 0 Å². The molecule has 0 saturated heterocycles. The van der Waals surface area contributed by atoms with Gasteiger partial charge in [-0.05, 0) is 9.34 Å². The number of hydrogen-bond donors (Lipinski definition) is 0. The molecule has 6 heteroatoms. The molecule has 0 aliphatic rings. The first-order valence-electron chi connectivity index (χ1n) is 7.80. The van der Waals surface area contributed by atoms with E-state index in [1.807, 2.05) is 0 Å². The van der Waals surface area contributed by atoms with Gasteiger partial charge in [0.05, 0.1) is 0 Å². The monoisotopic (exact) mass is 366 g/mol. The minimum Gasteiger partial charge on any atom is -0.189 e. The second-order valence-electron chi connectivity index (χ2n) is 10.3. The molecular weight excluding hydrogens is 330 g/mol. The molecule has 0 amide bonds. The Balaban J connectivity index is 6.19. The predicted molar refractivity (Wildman–Crippen MR) is 112 cm³/mol. The van der Waals surface area contributed by atoms with Gasteiger partial charge in [0.2, 0.25) is 0 Å². The van der Waals surface area contributed by atoms with Gasteiger partial charge in [-0.3, -0.25) is 0 Å². The van der Waals surface area contributed by atoms with Gasteiger partial charge in [0.1, 0.15) is 0 Å². The van der Waals surface area contributed by atoms with Crippen molar-refractivity contribution >= 4 is 50.0 Å². The lowest BCUT2D eigenvalue weighted by molar-refractivity contribution is 0.801. The summed E-state index contributed by atoms with van der Waals surface area (Å²) < 4.78 is 0.473. The molecule has 0 heterocycles. The summed E-state index contributed by atoms with van der Waals surface area (Å²) in [5, 5.41) is 0.344. The van der Waals surface area contributed by atoms with Crippen LogP contribution >= 0.6 is 19.9 Å². The van der Waals surface area contributed by atoms with Crippen molar-refractivity contribution in [3.05, 3.63) is 0 Å². The van der Waals surface area contributed by atoms with E-state index in [2.05, 4.69) is 79.7 Å². The third-order valence-corrected chi connectivity index (χ3v) is 29.6. The highest BCUT2D eigenvalue weighted by Gasteiger charge is 2.64. The SMILES string of the molecule is CC(C)(C)PB(Cl)C([Si](C)(C)C)([Si](C)(C)C)[Si](C)(C)C. The van der Waals surface area contributed by atoms with Crippen molar-refractivity contribution in [1.29, 1.82) is 0 Å². The summed E-state index contributed by atoms with van der Waals surface area (Å²) in [4.78, 5) is 0. The molecule has 0 radical (unpaired) electrons. The maximum absolute atomic E-state index is 7.26. The van der Waals surface area contributed by atoms with E-state index < -0.39 is 24.2 Å². The first-order chi connectivity index (χ1) is 8.38. The van der Waals surface area contributed by atoms with E-state index in [0.29, 0.717) is 15.2 Å². The lowest BCUT2D eigenvalue weighted by Gasteiger charge is -2.61. The zero-order valence-electron chi connectivity index (χ0n) is 16.0. The van der Waals surface area contributed by atoms with Crippen LogP contribution in [0.2, 0.25) is 63.1 Å². The molecule has 0 aromatic carbocycles. The quantitative estimate of drug-likeness (QED) is 0.381. The van der Waals surface area contributed by atoms with Crippen molar-refractivity contribution in [2.75, 3.05) is 0 Å². The smallest absolute Gasteiger partial charge is 0.189 e. The maximum Gasteiger partial charge on any atom is 0.274 e. The zero-order chi connectivity index (χ0) is 16.8. The van der Waals surface area contributed by atoms with Crippen LogP contribution in [0.3, 0.4) is 0 Å². The van der Waals surface area contributed by atoms with Crippen LogP contribution in [0.1, 0.15) is 20.8 Å². The Hall–Kier alpha value is 1.44. The van der Waals surface area contributed by atoms with Crippen LogP contribution in [0.4, 0.5) is 0 Å². The number of halogens is 1. The Kier molecular flexibility index (Phi) is 6.59. The molecule has 1 unspecified atom stereocenters. The van der Waals surface area contributed by atoms with E-state index in [0.717, 1.165) is 8.46 Å². The molecule has 0 bridgehead atoms. The molecule has 0 N–H and O–H groups in total. The summed E-state index contributed by atoms with van der Waals surface area (Å²) in [6.07, 6.45) is 0. The van der Waals surface area contributed by atoms with Crippen molar-refractivity contribution in [1.82, 2.24) is 0 Å². The van der Waals surface area contributed by atoms with Gasteiger partial charge in [-0.25, -0.2) is 0 Å². The van der Waals surface area contributed by atoms with Gasteiger partial charge < -0.3 is 0 Å². The first kappa shape index (κ1) is 21.4. The number of rotatable bonds is 5. The van der Waals surface area contributed by atoms with Crippen LogP contribution < -0.4 is 0 Å². The maximum atomic E-state index is 7.26.